The van der Waals surface area contributed by atoms with Crippen LogP contribution < -0.4 is 19.6 Å². The molecule has 0 saturated heterocycles. The standard InChI is InChI=1S/C24H21NO4/c1-26-18-8-6-7-17(14-18)25-20-15-23(29-21-10-5-4-9-19(20)21)16-11-12-22(27-2)24(13-16)28-3/h4-15H,1-3H3. The van der Waals surface area contributed by atoms with Gasteiger partial charge in [0.2, 0.25) is 0 Å². The minimum atomic E-state index is 0.639. The van der Waals surface area contributed by atoms with Crippen molar-refractivity contribution in [2.24, 2.45) is 4.99 Å². The Balaban J connectivity index is 1.93. The molecule has 0 atom stereocenters. The minimum absolute atomic E-state index is 0.639. The number of ether oxygens (including phenoxy) is 3. The number of fused-ring (bicyclic) bond motifs is 1. The first kappa shape index (κ1) is 18.6. The van der Waals surface area contributed by atoms with Gasteiger partial charge in [-0.15, -0.1) is 0 Å². The van der Waals surface area contributed by atoms with Crippen molar-refractivity contribution in [1.82, 2.24) is 0 Å². The van der Waals surface area contributed by atoms with Crippen LogP contribution in [0.3, 0.4) is 0 Å². The monoisotopic (exact) mass is 387 g/mol. The molecule has 0 saturated carbocycles. The molecule has 0 aliphatic rings. The zero-order valence-electron chi connectivity index (χ0n) is 16.5. The quantitative estimate of drug-likeness (QED) is 0.463. The molecule has 0 N–H and O–H groups in total. The minimum Gasteiger partial charge on any atom is -0.497 e. The molecule has 4 aromatic rings. The third kappa shape index (κ3) is 3.80. The predicted molar refractivity (Wildman–Crippen MR) is 113 cm³/mol. The Labute approximate surface area is 168 Å². The molecule has 0 aliphatic carbocycles. The SMILES string of the molecule is COc1cccc(N=c2cc(-c3ccc(OC)c(OC)c3)oc3ccccc23)c1. The lowest BCUT2D eigenvalue weighted by Gasteiger charge is -2.10. The number of benzene rings is 3. The third-order valence-corrected chi connectivity index (χ3v) is 4.62. The van der Waals surface area contributed by atoms with Crippen LogP contribution >= 0.6 is 0 Å². The molecule has 3 aromatic carbocycles. The van der Waals surface area contributed by atoms with E-state index < -0.39 is 0 Å². The summed E-state index contributed by atoms with van der Waals surface area (Å²) >= 11 is 0. The van der Waals surface area contributed by atoms with Gasteiger partial charge in [-0.2, -0.15) is 0 Å². The molecule has 1 heterocycles. The maximum atomic E-state index is 6.16. The molecule has 5 nitrogen and oxygen atoms in total. The summed E-state index contributed by atoms with van der Waals surface area (Å²) in [5.74, 6) is 2.75. The van der Waals surface area contributed by atoms with E-state index in [1.807, 2.05) is 72.8 Å². The zero-order chi connectivity index (χ0) is 20.2. The van der Waals surface area contributed by atoms with Gasteiger partial charge >= 0.3 is 0 Å². The van der Waals surface area contributed by atoms with Gasteiger partial charge < -0.3 is 18.6 Å². The molecule has 1 aromatic heterocycles. The highest BCUT2D eigenvalue weighted by atomic mass is 16.5. The first-order valence-corrected chi connectivity index (χ1v) is 9.16. The smallest absolute Gasteiger partial charge is 0.161 e. The van der Waals surface area contributed by atoms with Gasteiger partial charge in [0.15, 0.2) is 11.5 Å². The Hall–Kier alpha value is -3.73. The van der Waals surface area contributed by atoms with E-state index in [9.17, 15) is 0 Å². The number of hydrogen-bond donors (Lipinski definition) is 0. The van der Waals surface area contributed by atoms with Crippen LogP contribution in [0.4, 0.5) is 5.69 Å². The van der Waals surface area contributed by atoms with Gasteiger partial charge in [0.05, 0.1) is 32.4 Å². The van der Waals surface area contributed by atoms with Crippen molar-refractivity contribution >= 4 is 16.7 Å². The van der Waals surface area contributed by atoms with E-state index in [0.717, 1.165) is 33.3 Å². The van der Waals surface area contributed by atoms with Crippen LogP contribution in [-0.2, 0) is 0 Å². The maximum absolute atomic E-state index is 6.16. The van der Waals surface area contributed by atoms with Gasteiger partial charge in [0.1, 0.15) is 17.1 Å². The summed E-state index contributed by atoms with van der Waals surface area (Å²) in [6.07, 6.45) is 0. The number of hydrogen-bond acceptors (Lipinski definition) is 5. The average molecular weight is 387 g/mol. The van der Waals surface area contributed by atoms with E-state index in [1.165, 1.54) is 0 Å². The molecule has 29 heavy (non-hydrogen) atoms. The third-order valence-electron chi connectivity index (χ3n) is 4.62. The van der Waals surface area contributed by atoms with Crippen LogP contribution in [-0.4, -0.2) is 21.3 Å². The number of methoxy groups -OCH3 is 3. The summed E-state index contributed by atoms with van der Waals surface area (Å²) in [6.45, 7) is 0. The largest absolute Gasteiger partial charge is 0.497 e. The first-order chi connectivity index (χ1) is 14.2. The number of rotatable bonds is 5. The molecular weight excluding hydrogens is 366 g/mol. The van der Waals surface area contributed by atoms with Gasteiger partial charge in [-0.1, -0.05) is 18.2 Å². The molecule has 0 bridgehead atoms. The van der Waals surface area contributed by atoms with Crippen molar-refractivity contribution in [2.75, 3.05) is 21.3 Å². The summed E-state index contributed by atoms with van der Waals surface area (Å²) < 4.78 is 22.2. The normalized spacial score (nSPS) is 11.5. The molecule has 0 fully saturated rings. The second-order valence-corrected chi connectivity index (χ2v) is 6.38. The molecule has 4 rings (SSSR count). The Kier molecular flexibility index (Phi) is 5.20. The van der Waals surface area contributed by atoms with Gasteiger partial charge in [-0.3, -0.25) is 0 Å². The fraction of sp³-hybridized carbons (Fsp3) is 0.125. The number of para-hydroxylation sites is 1. The molecule has 0 spiro atoms. The Morgan fingerprint density at radius 2 is 1.55 bits per heavy atom. The number of nitrogens with zero attached hydrogens (tertiary/aromatic N) is 1. The van der Waals surface area contributed by atoms with Crippen molar-refractivity contribution in [3.8, 4) is 28.6 Å². The van der Waals surface area contributed by atoms with Crippen LogP contribution in [0.1, 0.15) is 0 Å². The van der Waals surface area contributed by atoms with Crippen molar-refractivity contribution < 1.29 is 18.6 Å². The summed E-state index contributed by atoms with van der Waals surface area (Å²) in [7, 11) is 4.87. The Bertz CT molecular complexity index is 1230. The molecular formula is C24H21NO4. The average Bonchev–Trinajstić information content (AvgIpc) is 2.78. The van der Waals surface area contributed by atoms with Crippen LogP contribution in [0, 0.1) is 0 Å². The summed E-state index contributed by atoms with van der Waals surface area (Å²) in [4.78, 5) is 4.84. The maximum Gasteiger partial charge on any atom is 0.161 e. The topological polar surface area (TPSA) is 53.2 Å². The van der Waals surface area contributed by atoms with E-state index in [2.05, 4.69) is 0 Å². The van der Waals surface area contributed by atoms with Crippen molar-refractivity contribution in [2.45, 2.75) is 0 Å². The first-order valence-electron chi connectivity index (χ1n) is 9.16. The second kappa shape index (κ2) is 8.10. The van der Waals surface area contributed by atoms with Crippen molar-refractivity contribution in [3.63, 3.8) is 0 Å². The fourth-order valence-corrected chi connectivity index (χ4v) is 3.16. The lowest BCUT2D eigenvalue weighted by molar-refractivity contribution is 0.355. The van der Waals surface area contributed by atoms with Crippen LogP contribution in [0.15, 0.2) is 82.2 Å². The van der Waals surface area contributed by atoms with Crippen LogP contribution in [0.25, 0.3) is 22.3 Å². The van der Waals surface area contributed by atoms with Crippen molar-refractivity contribution in [3.05, 3.63) is 78.2 Å². The highest BCUT2D eigenvalue weighted by molar-refractivity contribution is 5.79. The summed E-state index contributed by atoms with van der Waals surface area (Å²) in [5.41, 5.74) is 2.43. The molecule has 0 unspecified atom stereocenters. The molecule has 5 heteroatoms. The van der Waals surface area contributed by atoms with Gasteiger partial charge in [0.25, 0.3) is 0 Å². The molecule has 146 valence electrons. The van der Waals surface area contributed by atoms with E-state index in [0.29, 0.717) is 17.3 Å². The summed E-state index contributed by atoms with van der Waals surface area (Å²) in [6, 6.07) is 23.1. The predicted octanol–water partition coefficient (Wildman–Crippen LogP) is 5.36. The Morgan fingerprint density at radius 1 is 0.724 bits per heavy atom. The zero-order valence-corrected chi connectivity index (χ0v) is 16.5. The van der Waals surface area contributed by atoms with Gasteiger partial charge in [0, 0.05) is 23.1 Å². The van der Waals surface area contributed by atoms with Crippen molar-refractivity contribution in [1.29, 1.82) is 0 Å². The van der Waals surface area contributed by atoms with Gasteiger partial charge in [-0.05, 0) is 42.5 Å². The van der Waals surface area contributed by atoms with Crippen LogP contribution in [0.5, 0.6) is 17.2 Å². The highest BCUT2D eigenvalue weighted by Crippen LogP contribution is 2.32. The van der Waals surface area contributed by atoms with Crippen LogP contribution in [0.2, 0.25) is 0 Å². The molecule has 0 amide bonds. The second-order valence-electron chi connectivity index (χ2n) is 6.38. The van der Waals surface area contributed by atoms with E-state index in [-0.39, 0.29) is 0 Å². The van der Waals surface area contributed by atoms with Gasteiger partial charge in [-0.25, -0.2) is 4.99 Å². The molecule has 0 radical (unpaired) electrons. The van der Waals surface area contributed by atoms with E-state index in [1.54, 1.807) is 21.3 Å². The summed E-state index contributed by atoms with van der Waals surface area (Å²) in [5, 5.41) is 1.74. The molecule has 0 aliphatic heterocycles. The van der Waals surface area contributed by atoms with E-state index >= 15 is 0 Å². The lowest BCUT2D eigenvalue weighted by Crippen LogP contribution is -2.03. The fourth-order valence-electron chi connectivity index (χ4n) is 3.16. The Morgan fingerprint density at radius 3 is 2.34 bits per heavy atom. The lowest BCUT2D eigenvalue weighted by atomic mass is 10.1. The van der Waals surface area contributed by atoms with E-state index in [4.69, 9.17) is 23.6 Å². The highest BCUT2D eigenvalue weighted by Gasteiger charge is 2.10.